The summed E-state index contributed by atoms with van der Waals surface area (Å²) in [5.41, 5.74) is 0.938. The monoisotopic (exact) mass is 348 g/mol. The lowest BCUT2D eigenvalue weighted by Gasteiger charge is -2.36. The van der Waals surface area contributed by atoms with Gasteiger partial charge in [0.25, 0.3) is 5.91 Å². The van der Waals surface area contributed by atoms with E-state index in [1.54, 1.807) is 34.5 Å². The minimum atomic E-state index is -0.469. The van der Waals surface area contributed by atoms with Gasteiger partial charge in [0.05, 0.1) is 0 Å². The Bertz CT molecular complexity index is 695. The Labute approximate surface area is 143 Å². The molecule has 1 aliphatic heterocycles. The summed E-state index contributed by atoms with van der Waals surface area (Å²) in [4.78, 5) is 28.2. The van der Waals surface area contributed by atoms with Gasteiger partial charge in [0.15, 0.2) is 6.61 Å². The van der Waals surface area contributed by atoms with Gasteiger partial charge in [-0.15, -0.1) is 11.3 Å². The number of rotatable bonds is 4. The number of ether oxygens (including phenoxy) is 1. The maximum Gasteiger partial charge on any atom is 0.348 e. The first-order chi connectivity index (χ1) is 11.6. The minimum absolute atomic E-state index is 0.196. The zero-order valence-electron chi connectivity index (χ0n) is 13.0. The predicted molar refractivity (Wildman–Crippen MR) is 89.8 cm³/mol. The maximum absolute atomic E-state index is 13.0. The third-order valence-electron chi connectivity index (χ3n) is 3.87. The van der Waals surface area contributed by atoms with E-state index in [0.717, 1.165) is 5.69 Å². The molecular weight excluding hydrogens is 331 g/mol. The normalized spacial score (nSPS) is 14.5. The number of carbonyl (C=O) groups excluding carboxylic acids is 2. The first-order valence-electron chi connectivity index (χ1n) is 7.62. The molecule has 0 aliphatic carbocycles. The van der Waals surface area contributed by atoms with Gasteiger partial charge in [-0.2, -0.15) is 0 Å². The first-order valence-corrected chi connectivity index (χ1v) is 8.50. The predicted octanol–water partition coefficient (Wildman–Crippen LogP) is 2.39. The molecule has 1 saturated heterocycles. The average molecular weight is 348 g/mol. The first kappa shape index (κ1) is 16.4. The van der Waals surface area contributed by atoms with Gasteiger partial charge in [-0.05, 0) is 35.7 Å². The van der Waals surface area contributed by atoms with E-state index in [2.05, 4.69) is 4.90 Å². The van der Waals surface area contributed by atoms with E-state index in [-0.39, 0.29) is 18.3 Å². The highest BCUT2D eigenvalue weighted by molar-refractivity contribution is 7.11. The van der Waals surface area contributed by atoms with Crippen LogP contribution in [0, 0.1) is 5.82 Å². The van der Waals surface area contributed by atoms with E-state index in [1.807, 2.05) is 0 Å². The van der Waals surface area contributed by atoms with Crippen LogP contribution < -0.4 is 4.90 Å². The Morgan fingerprint density at radius 1 is 1.08 bits per heavy atom. The second-order valence-corrected chi connectivity index (χ2v) is 6.35. The van der Waals surface area contributed by atoms with Crippen LogP contribution in [-0.2, 0) is 9.53 Å². The summed E-state index contributed by atoms with van der Waals surface area (Å²) in [5, 5.41) is 1.78. The summed E-state index contributed by atoms with van der Waals surface area (Å²) >= 11 is 1.28. The van der Waals surface area contributed by atoms with E-state index in [4.69, 9.17) is 4.74 Å². The molecule has 0 spiro atoms. The summed E-state index contributed by atoms with van der Waals surface area (Å²) in [7, 11) is 0. The number of anilines is 1. The van der Waals surface area contributed by atoms with Crippen LogP contribution in [0.5, 0.6) is 0 Å². The third kappa shape index (κ3) is 3.91. The van der Waals surface area contributed by atoms with Crippen molar-refractivity contribution >= 4 is 28.9 Å². The Morgan fingerprint density at radius 2 is 1.79 bits per heavy atom. The van der Waals surface area contributed by atoms with Gasteiger partial charge in [-0.25, -0.2) is 9.18 Å². The SMILES string of the molecule is O=C(OCC(=O)N1CCN(c2ccc(F)cc2)CC1)c1cccs1. The number of thiophene rings is 1. The minimum Gasteiger partial charge on any atom is -0.451 e. The molecule has 0 saturated carbocycles. The van der Waals surface area contributed by atoms with Crippen molar-refractivity contribution in [2.24, 2.45) is 0 Å². The highest BCUT2D eigenvalue weighted by Crippen LogP contribution is 2.17. The number of esters is 1. The molecule has 1 fully saturated rings. The zero-order valence-corrected chi connectivity index (χ0v) is 13.8. The number of nitrogens with zero attached hydrogens (tertiary/aromatic N) is 2. The van der Waals surface area contributed by atoms with Crippen LogP contribution in [0.15, 0.2) is 41.8 Å². The van der Waals surface area contributed by atoms with Crippen molar-refractivity contribution in [1.82, 2.24) is 4.90 Å². The molecule has 1 aromatic heterocycles. The fourth-order valence-corrected chi connectivity index (χ4v) is 3.17. The summed E-state index contributed by atoms with van der Waals surface area (Å²) < 4.78 is 18.0. The van der Waals surface area contributed by atoms with Crippen LogP contribution in [0.3, 0.4) is 0 Å². The van der Waals surface area contributed by atoms with Crippen LogP contribution in [0.25, 0.3) is 0 Å². The van der Waals surface area contributed by atoms with Gasteiger partial charge in [-0.3, -0.25) is 4.79 Å². The number of amides is 1. The number of hydrogen-bond acceptors (Lipinski definition) is 5. The summed E-state index contributed by atoms with van der Waals surface area (Å²) in [6, 6.07) is 9.75. The molecule has 5 nitrogen and oxygen atoms in total. The summed E-state index contributed by atoms with van der Waals surface area (Å²) in [6.07, 6.45) is 0. The number of hydrogen-bond donors (Lipinski definition) is 0. The van der Waals surface area contributed by atoms with Crippen molar-refractivity contribution in [1.29, 1.82) is 0 Å². The van der Waals surface area contributed by atoms with Gasteiger partial charge < -0.3 is 14.5 Å². The molecule has 1 aromatic carbocycles. The molecule has 7 heteroatoms. The van der Waals surface area contributed by atoms with Crippen LogP contribution >= 0.6 is 11.3 Å². The van der Waals surface area contributed by atoms with Gasteiger partial charge in [0.1, 0.15) is 10.7 Å². The fraction of sp³-hybridized carbons (Fsp3) is 0.294. The molecule has 126 valence electrons. The molecule has 2 heterocycles. The molecule has 1 amide bonds. The number of benzene rings is 1. The van der Waals surface area contributed by atoms with Crippen molar-refractivity contribution in [3.8, 4) is 0 Å². The van der Waals surface area contributed by atoms with Crippen molar-refractivity contribution in [2.75, 3.05) is 37.7 Å². The standard InChI is InChI=1S/C17H17FN2O3S/c18-13-3-5-14(6-4-13)19-7-9-20(10-8-19)16(21)12-23-17(22)15-2-1-11-24-15/h1-6,11H,7-10,12H2. The third-order valence-corrected chi connectivity index (χ3v) is 4.72. The molecule has 3 rings (SSSR count). The molecule has 2 aromatic rings. The molecule has 1 aliphatic rings. The lowest BCUT2D eigenvalue weighted by atomic mass is 10.2. The molecule has 0 unspecified atom stereocenters. The fourth-order valence-electron chi connectivity index (χ4n) is 2.55. The quantitative estimate of drug-likeness (QED) is 0.796. The Morgan fingerprint density at radius 3 is 2.42 bits per heavy atom. The van der Waals surface area contributed by atoms with Crippen LogP contribution in [0.4, 0.5) is 10.1 Å². The number of carbonyl (C=O) groups is 2. The second kappa shape index (κ2) is 7.44. The van der Waals surface area contributed by atoms with Gasteiger partial charge in [0, 0.05) is 31.9 Å². The Kier molecular flexibility index (Phi) is 5.10. The van der Waals surface area contributed by atoms with Gasteiger partial charge in [0.2, 0.25) is 0 Å². The molecule has 0 radical (unpaired) electrons. The lowest BCUT2D eigenvalue weighted by Crippen LogP contribution is -2.49. The topological polar surface area (TPSA) is 49.9 Å². The van der Waals surface area contributed by atoms with Crippen molar-refractivity contribution in [3.63, 3.8) is 0 Å². The smallest absolute Gasteiger partial charge is 0.348 e. The summed E-state index contributed by atoms with van der Waals surface area (Å²) in [5.74, 6) is -0.929. The van der Waals surface area contributed by atoms with E-state index in [1.165, 1.54) is 23.5 Å². The van der Waals surface area contributed by atoms with E-state index < -0.39 is 5.97 Å². The zero-order chi connectivity index (χ0) is 16.9. The molecule has 0 atom stereocenters. The Hall–Kier alpha value is -2.41. The van der Waals surface area contributed by atoms with E-state index in [0.29, 0.717) is 31.1 Å². The van der Waals surface area contributed by atoms with Gasteiger partial charge in [-0.1, -0.05) is 6.07 Å². The second-order valence-electron chi connectivity index (χ2n) is 5.40. The largest absolute Gasteiger partial charge is 0.451 e. The van der Waals surface area contributed by atoms with Crippen LogP contribution in [0.1, 0.15) is 9.67 Å². The van der Waals surface area contributed by atoms with Crippen molar-refractivity contribution < 1.29 is 18.7 Å². The maximum atomic E-state index is 13.0. The van der Waals surface area contributed by atoms with E-state index in [9.17, 15) is 14.0 Å². The van der Waals surface area contributed by atoms with Crippen LogP contribution in [-0.4, -0.2) is 49.6 Å². The molecule has 0 bridgehead atoms. The van der Waals surface area contributed by atoms with E-state index >= 15 is 0 Å². The molecule has 0 N–H and O–H groups in total. The molecular formula is C17H17FN2O3S. The number of piperazine rings is 1. The lowest BCUT2D eigenvalue weighted by molar-refractivity contribution is -0.134. The number of halogens is 1. The van der Waals surface area contributed by atoms with Crippen molar-refractivity contribution in [3.05, 3.63) is 52.5 Å². The average Bonchev–Trinajstić information content (AvgIpc) is 3.15. The van der Waals surface area contributed by atoms with Crippen molar-refractivity contribution in [2.45, 2.75) is 0 Å². The van der Waals surface area contributed by atoms with Crippen LogP contribution in [0.2, 0.25) is 0 Å². The highest BCUT2D eigenvalue weighted by Gasteiger charge is 2.22. The Balaban J connectivity index is 1.46. The van der Waals surface area contributed by atoms with Gasteiger partial charge >= 0.3 is 5.97 Å². The highest BCUT2D eigenvalue weighted by atomic mass is 32.1. The molecule has 24 heavy (non-hydrogen) atoms. The summed E-state index contributed by atoms with van der Waals surface area (Å²) in [6.45, 7) is 2.18.